The maximum absolute atomic E-state index is 15.0. The van der Waals surface area contributed by atoms with E-state index in [1.54, 1.807) is 6.92 Å². The van der Waals surface area contributed by atoms with Gasteiger partial charge in [0, 0.05) is 31.3 Å². The zero-order chi connectivity index (χ0) is 31.0. The summed E-state index contributed by atoms with van der Waals surface area (Å²) in [6.07, 6.45) is -0.313. The van der Waals surface area contributed by atoms with Gasteiger partial charge in [-0.25, -0.2) is 18.4 Å². The fourth-order valence-electron chi connectivity index (χ4n) is 4.54. The molecule has 2 aliphatic heterocycles. The van der Waals surface area contributed by atoms with Crippen LogP contribution in [-0.2, 0) is 20.8 Å². The highest BCUT2D eigenvalue weighted by Gasteiger charge is 2.42. The van der Waals surface area contributed by atoms with Crippen LogP contribution in [0.4, 0.5) is 13.6 Å². The number of carbonyl (C=O) groups is 5. The summed E-state index contributed by atoms with van der Waals surface area (Å²) < 4.78 is 34.3. The molecule has 1 unspecified atom stereocenters. The number of benzene rings is 2. The largest absolute Gasteiger partial charge is 0.547 e. The second-order valence-corrected chi connectivity index (χ2v) is 9.60. The molecule has 2 heterocycles. The Labute approximate surface area is 240 Å². The molecule has 6 N–H and O–H groups in total. The molecule has 0 saturated carbocycles. The van der Waals surface area contributed by atoms with Gasteiger partial charge in [-0.2, -0.15) is 0 Å². The second kappa shape index (κ2) is 11.7. The van der Waals surface area contributed by atoms with Crippen LogP contribution in [0.25, 0.3) is 0 Å². The number of phenols is 2. The number of aromatic hydroxyl groups is 2. The summed E-state index contributed by atoms with van der Waals surface area (Å²) in [5, 5.41) is 43.1. The van der Waals surface area contributed by atoms with Crippen molar-refractivity contribution in [2.24, 2.45) is 0 Å². The number of hydrogen-bond acceptors (Lipinski definition) is 9. The lowest BCUT2D eigenvalue weighted by atomic mass is 9.72. The van der Waals surface area contributed by atoms with E-state index in [0.29, 0.717) is 11.0 Å². The van der Waals surface area contributed by atoms with Crippen molar-refractivity contribution in [3.05, 3.63) is 51.5 Å². The van der Waals surface area contributed by atoms with Gasteiger partial charge in [-0.15, -0.1) is 0 Å². The van der Waals surface area contributed by atoms with E-state index in [-0.39, 0.29) is 31.6 Å². The smallest absolute Gasteiger partial charge is 0.534 e. The number of likely N-dealkylation sites (N-methyl/N-ethyl adjacent to an activating group) is 1. The lowest BCUT2D eigenvalue weighted by Gasteiger charge is -2.33. The van der Waals surface area contributed by atoms with Gasteiger partial charge < -0.3 is 40.5 Å². The van der Waals surface area contributed by atoms with Gasteiger partial charge in [0.1, 0.15) is 29.0 Å². The van der Waals surface area contributed by atoms with Gasteiger partial charge in [-0.05, 0) is 25.0 Å². The molecule has 18 heteroatoms. The van der Waals surface area contributed by atoms with Gasteiger partial charge in [-0.3, -0.25) is 19.3 Å². The maximum Gasteiger partial charge on any atom is 0.547 e. The molecule has 222 valence electrons. The molecule has 0 spiro atoms. The SMILES string of the molecule is CCN1CCN(C(=O)NC(C(=O)N[C@H]2Cc3ccc(F)c(C(=O)O)c3OB2O)c2c(F)cc(O)c(O)c2Cl)C(=O)C1=O. The van der Waals surface area contributed by atoms with E-state index in [2.05, 4.69) is 10.6 Å². The van der Waals surface area contributed by atoms with Crippen LogP contribution in [0.1, 0.15) is 34.5 Å². The minimum Gasteiger partial charge on any atom is -0.534 e. The summed E-state index contributed by atoms with van der Waals surface area (Å²) in [7, 11) is -1.95. The van der Waals surface area contributed by atoms with Crippen LogP contribution in [0, 0.1) is 11.6 Å². The van der Waals surface area contributed by atoms with Gasteiger partial charge in [0.2, 0.25) is 5.91 Å². The molecule has 2 aliphatic rings. The molecule has 2 aromatic rings. The minimum absolute atomic E-state index is 0.0234. The Hall–Kier alpha value is -4.64. The quantitative estimate of drug-likeness (QED) is 0.150. The van der Waals surface area contributed by atoms with Crippen LogP contribution < -0.4 is 15.3 Å². The molecule has 0 bridgehead atoms. The van der Waals surface area contributed by atoms with E-state index in [9.17, 15) is 48.7 Å². The monoisotopic (exact) mass is 610 g/mol. The number of hydrogen-bond donors (Lipinski definition) is 6. The van der Waals surface area contributed by atoms with Gasteiger partial charge in [0.15, 0.2) is 11.5 Å². The Morgan fingerprint density at radius 1 is 1.17 bits per heavy atom. The first kappa shape index (κ1) is 30.3. The molecular formula is C24H22BClF2N4O10. The number of fused-ring (bicyclic) bond motifs is 1. The third-order valence-electron chi connectivity index (χ3n) is 6.71. The van der Waals surface area contributed by atoms with Crippen LogP contribution in [0.3, 0.4) is 0 Å². The summed E-state index contributed by atoms with van der Waals surface area (Å²) in [5.41, 5.74) is -1.61. The van der Waals surface area contributed by atoms with Crippen molar-refractivity contribution in [2.45, 2.75) is 25.3 Å². The summed E-state index contributed by atoms with van der Waals surface area (Å²) in [6, 6.07) is -1.02. The molecule has 42 heavy (non-hydrogen) atoms. The predicted molar refractivity (Wildman–Crippen MR) is 138 cm³/mol. The highest BCUT2D eigenvalue weighted by atomic mass is 35.5. The van der Waals surface area contributed by atoms with Gasteiger partial charge in [0.25, 0.3) is 0 Å². The first-order chi connectivity index (χ1) is 19.8. The van der Waals surface area contributed by atoms with E-state index in [1.165, 1.54) is 4.90 Å². The van der Waals surface area contributed by atoms with E-state index < -0.39 is 93.9 Å². The van der Waals surface area contributed by atoms with Crippen molar-refractivity contribution < 1.29 is 57.8 Å². The topological polar surface area (TPSA) is 206 Å². The zero-order valence-corrected chi connectivity index (χ0v) is 22.3. The standard InChI is InChI=1S/C24H22BClF2N4O10/c1-2-31-5-6-32(22(37)21(31)36)24(40)30-17(14-11(28)8-12(33)18(34)16(14)26)20(35)29-13-7-9-3-4-10(27)15(23(38)39)19(9)42-25(13)41/h3-4,8,13,17,33-34,41H,2,5-7H2,1H3,(H,29,35)(H,30,40)(H,38,39)/t13-,17?/m0/s1. The highest BCUT2D eigenvalue weighted by molar-refractivity contribution is 6.47. The number of nitrogens with one attached hydrogen (secondary N) is 2. The average molecular weight is 611 g/mol. The molecule has 1 saturated heterocycles. The fraction of sp³-hybridized carbons (Fsp3) is 0.292. The van der Waals surface area contributed by atoms with Crippen molar-refractivity contribution in [1.82, 2.24) is 20.4 Å². The predicted octanol–water partition coefficient (Wildman–Crippen LogP) is 0.309. The van der Waals surface area contributed by atoms with Crippen molar-refractivity contribution >= 4 is 48.4 Å². The Morgan fingerprint density at radius 2 is 1.86 bits per heavy atom. The Balaban J connectivity index is 1.66. The maximum atomic E-state index is 15.0. The number of rotatable bonds is 6. The molecule has 1 fully saturated rings. The van der Waals surface area contributed by atoms with Crippen molar-refractivity contribution in [2.75, 3.05) is 19.6 Å². The summed E-state index contributed by atoms with van der Waals surface area (Å²) in [4.78, 5) is 64.5. The first-order valence-corrected chi connectivity index (χ1v) is 12.6. The van der Waals surface area contributed by atoms with Crippen molar-refractivity contribution in [3.63, 3.8) is 0 Å². The number of phenolic OH excluding ortho intramolecular Hbond substituents is 2. The number of nitrogens with zero attached hydrogens (tertiary/aromatic N) is 2. The summed E-state index contributed by atoms with van der Waals surface area (Å²) in [5.74, 6) is -11.5. The molecule has 0 aromatic heterocycles. The number of amides is 5. The molecule has 2 atom stereocenters. The minimum atomic E-state index is -2.12. The first-order valence-electron chi connectivity index (χ1n) is 12.3. The normalized spacial score (nSPS) is 17.4. The molecule has 4 rings (SSSR count). The van der Waals surface area contributed by atoms with Gasteiger partial charge >= 0.3 is 30.9 Å². The number of imide groups is 1. The number of urea groups is 1. The highest BCUT2D eigenvalue weighted by Crippen LogP contribution is 2.40. The van der Waals surface area contributed by atoms with E-state index in [4.69, 9.17) is 16.3 Å². The van der Waals surface area contributed by atoms with Crippen molar-refractivity contribution in [3.8, 4) is 17.2 Å². The molecule has 2 aromatic carbocycles. The molecule has 5 amide bonds. The summed E-state index contributed by atoms with van der Waals surface area (Å²) >= 11 is 6.01. The van der Waals surface area contributed by atoms with E-state index >= 15 is 4.39 Å². The van der Waals surface area contributed by atoms with Gasteiger partial charge in [0.05, 0.1) is 11.0 Å². The second-order valence-electron chi connectivity index (χ2n) is 9.22. The van der Waals surface area contributed by atoms with E-state index in [0.717, 1.165) is 12.1 Å². The van der Waals surface area contributed by atoms with Crippen LogP contribution in [0.5, 0.6) is 17.2 Å². The van der Waals surface area contributed by atoms with Crippen molar-refractivity contribution in [1.29, 1.82) is 0 Å². The number of carboxylic acid groups (broad SMARTS) is 1. The van der Waals surface area contributed by atoms with Crippen LogP contribution in [0.15, 0.2) is 18.2 Å². The van der Waals surface area contributed by atoms with Crippen LogP contribution >= 0.6 is 11.6 Å². The number of piperazine rings is 1. The van der Waals surface area contributed by atoms with Crippen LogP contribution in [0.2, 0.25) is 5.02 Å². The summed E-state index contributed by atoms with van der Waals surface area (Å²) in [6.45, 7) is 1.51. The van der Waals surface area contributed by atoms with Crippen LogP contribution in [-0.4, -0.2) is 92.6 Å². The fourth-order valence-corrected chi connectivity index (χ4v) is 4.84. The number of halogens is 3. The number of aromatic carboxylic acids is 1. The van der Waals surface area contributed by atoms with Gasteiger partial charge in [-0.1, -0.05) is 17.7 Å². The third-order valence-corrected chi connectivity index (χ3v) is 7.10. The molecule has 0 aliphatic carbocycles. The Kier molecular flexibility index (Phi) is 8.44. The Bertz CT molecular complexity index is 1510. The molecule has 0 radical (unpaired) electrons. The number of carbonyl (C=O) groups excluding carboxylic acids is 4. The third kappa shape index (κ3) is 5.47. The molecular weight excluding hydrogens is 589 g/mol. The average Bonchev–Trinajstić information content (AvgIpc) is 2.92. The molecule has 14 nitrogen and oxygen atoms in total. The number of carboxylic acids is 1. The zero-order valence-electron chi connectivity index (χ0n) is 21.6. The van der Waals surface area contributed by atoms with E-state index in [1.807, 2.05) is 0 Å². The lowest BCUT2D eigenvalue weighted by molar-refractivity contribution is -0.153. The lowest BCUT2D eigenvalue weighted by Crippen LogP contribution is -2.60. The Morgan fingerprint density at radius 3 is 2.50 bits per heavy atom.